The minimum Gasteiger partial charge on any atom is -0.490 e. The molecule has 0 aliphatic carbocycles. The van der Waals surface area contributed by atoms with Gasteiger partial charge in [0, 0.05) is 5.56 Å². The predicted octanol–water partition coefficient (Wildman–Crippen LogP) is 4.76. The maximum atomic E-state index is 12.4. The van der Waals surface area contributed by atoms with Crippen molar-refractivity contribution in [3.63, 3.8) is 0 Å². The van der Waals surface area contributed by atoms with Gasteiger partial charge in [0.1, 0.15) is 6.61 Å². The maximum absolute atomic E-state index is 12.4. The van der Waals surface area contributed by atoms with E-state index in [1.807, 2.05) is 49.4 Å². The van der Waals surface area contributed by atoms with Crippen LogP contribution in [-0.2, 0) is 6.61 Å². The van der Waals surface area contributed by atoms with Crippen LogP contribution in [0.25, 0.3) is 0 Å². The fraction of sp³-hybridized carbons (Fsp3) is 0.167. The number of carbonyl (C=O) groups excluding carboxylic acids is 1. The molecule has 0 unspecified atom stereocenters. The van der Waals surface area contributed by atoms with E-state index in [0.717, 1.165) is 14.7 Å². The number of nitrogens with one attached hydrogen (secondary N) is 1. The highest BCUT2D eigenvalue weighted by atomic mass is 127. The largest absolute Gasteiger partial charge is 0.490 e. The zero-order valence-corrected chi connectivity index (χ0v) is 19.5. The van der Waals surface area contributed by atoms with Gasteiger partial charge in [0.05, 0.1) is 16.4 Å². The smallest absolute Gasteiger partial charge is 0.271 e. The lowest BCUT2D eigenvalue weighted by atomic mass is 10.2. The van der Waals surface area contributed by atoms with Crippen LogP contribution in [0.4, 0.5) is 0 Å². The molecule has 0 spiro atoms. The van der Waals surface area contributed by atoms with Gasteiger partial charge in [-0.15, -0.1) is 0 Å². The van der Waals surface area contributed by atoms with Crippen molar-refractivity contribution >= 4 is 34.7 Å². The lowest BCUT2D eigenvalue weighted by molar-refractivity contribution is 0.0954. The lowest BCUT2D eigenvalue weighted by Gasteiger charge is -2.14. The van der Waals surface area contributed by atoms with E-state index in [9.17, 15) is 4.79 Å². The van der Waals surface area contributed by atoms with E-state index in [4.69, 9.17) is 18.9 Å². The number of rotatable bonds is 8. The summed E-state index contributed by atoms with van der Waals surface area (Å²) in [5.74, 6) is 2.13. The van der Waals surface area contributed by atoms with Crippen LogP contribution in [0.5, 0.6) is 23.0 Å². The summed E-state index contributed by atoms with van der Waals surface area (Å²) in [4.78, 5) is 12.4. The van der Waals surface area contributed by atoms with Gasteiger partial charge in [-0.05, 0) is 71.0 Å². The molecule has 3 aromatic carbocycles. The van der Waals surface area contributed by atoms with Crippen molar-refractivity contribution in [3.05, 3.63) is 80.9 Å². The standard InChI is InChI=1S/C24H21IN2O5/c1-2-29-22-11-17(10-19(25)23(22)30-14-16-6-4-3-5-7-16)13-26-27-24(28)18-8-9-20-21(12-18)32-15-31-20/h3-13H,2,14-15H2,1H3,(H,27,28). The van der Waals surface area contributed by atoms with Gasteiger partial charge >= 0.3 is 0 Å². The summed E-state index contributed by atoms with van der Waals surface area (Å²) in [6.07, 6.45) is 1.57. The van der Waals surface area contributed by atoms with E-state index in [1.165, 1.54) is 0 Å². The molecule has 1 heterocycles. The molecule has 8 heteroatoms. The number of halogens is 1. The van der Waals surface area contributed by atoms with Gasteiger partial charge in [0.25, 0.3) is 5.91 Å². The lowest BCUT2D eigenvalue weighted by Crippen LogP contribution is -2.17. The van der Waals surface area contributed by atoms with Gasteiger partial charge in [-0.25, -0.2) is 5.43 Å². The normalized spacial score (nSPS) is 12.1. The van der Waals surface area contributed by atoms with Crippen molar-refractivity contribution in [1.29, 1.82) is 0 Å². The third-order valence-corrected chi connectivity index (χ3v) is 5.37. The molecular weight excluding hydrogens is 523 g/mol. The quantitative estimate of drug-likeness (QED) is 0.252. The Hall–Kier alpha value is -3.27. The SMILES string of the molecule is CCOc1cc(C=NNC(=O)c2ccc3c(c2)OCO3)cc(I)c1OCc1ccccc1. The summed E-state index contributed by atoms with van der Waals surface area (Å²) in [5, 5.41) is 4.08. The zero-order valence-electron chi connectivity index (χ0n) is 17.3. The molecule has 1 amide bonds. The summed E-state index contributed by atoms with van der Waals surface area (Å²) < 4.78 is 23.3. The minimum atomic E-state index is -0.345. The van der Waals surface area contributed by atoms with Crippen molar-refractivity contribution in [2.24, 2.45) is 5.10 Å². The maximum Gasteiger partial charge on any atom is 0.271 e. The van der Waals surface area contributed by atoms with E-state index in [1.54, 1.807) is 24.4 Å². The highest BCUT2D eigenvalue weighted by Gasteiger charge is 2.16. The van der Waals surface area contributed by atoms with Crippen LogP contribution >= 0.6 is 22.6 Å². The third-order valence-electron chi connectivity index (χ3n) is 4.57. The van der Waals surface area contributed by atoms with E-state index in [-0.39, 0.29) is 12.7 Å². The first kappa shape index (κ1) is 21.9. The van der Waals surface area contributed by atoms with Crippen molar-refractivity contribution in [2.45, 2.75) is 13.5 Å². The predicted molar refractivity (Wildman–Crippen MR) is 129 cm³/mol. The fourth-order valence-electron chi connectivity index (χ4n) is 3.06. The Kier molecular flexibility index (Phi) is 7.10. The topological polar surface area (TPSA) is 78.4 Å². The van der Waals surface area contributed by atoms with Crippen LogP contribution in [0.2, 0.25) is 0 Å². The second-order valence-electron chi connectivity index (χ2n) is 6.80. The molecular formula is C24H21IN2O5. The van der Waals surface area contributed by atoms with E-state index in [0.29, 0.717) is 41.8 Å². The highest BCUT2D eigenvalue weighted by molar-refractivity contribution is 14.1. The zero-order chi connectivity index (χ0) is 22.3. The van der Waals surface area contributed by atoms with Crippen LogP contribution in [0.3, 0.4) is 0 Å². The number of benzene rings is 3. The van der Waals surface area contributed by atoms with Crippen LogP contribution in [0.15, 0.2) is 65.8 Å². The Morgan fingerprint density at radius 1 is 1.09 bits per heavy atom. The molecule has 0 bridgehead atoms. The molecule has 0 saturated carbocycles. The molecule has 1 aliphatic heterocycles. The molecule has 164 valence electrons. The van der Waals surface area contributed by atoms with Gasteiger partial charge < -0.3 is 18.9 Å². The number of amides is 1. The molecule has 0 saturated heterocycles. The van der Waals surface area contributed by atoms with Gasteiger partial charge in [-0.3, -0.25) is 4.79 Å². The van der Waals surface area contributed by atoms with Crippen LogP contribution < -0.4 is 24.4 Å². The molecule has 0 aromatic heterocycles. The van der Waals surface area contributed by atoms with E-state index < -0.39 is 0 Å². The van der Waals surface area contributed by atoms with Crippen LogP contribution in [0.1, 0.15) is 28.4 Å². The van der Waals surface area contributed by atoms with E-state index >= 15 is 0 Å². The van der Waals surface area contributed by atoms with Gasteiger partial charge in [0.2, 0.25) is 6.79 Å². The number of hydrogen-bond donors (Lipinski definition) is 1. The molecule has 0 atom stereocenters. The number of carbonyl (C=O) groups is 1. The number of hydrazone groups is 1. The first-order chi connectivity index (χ1) is 15.6. The number of ether oxygens (including phenoxy) is 4. The summed E-state index contributed by atoms with van der Waals surface area (Å²) in [7, 11) is 0. The highest BCUT2D eigenvalue weighted by Crippen LogP contribution is 2.35. The Morgan fingerprint density at radius 3 is 2.72 bits per heavy atom. The van der Waals surface area contributed by atoms with Gasteiger partial charge in [-0.1, -0.05) is 30.3 Å². The second kappa shape index (κ2) is 10.4. The molecule has 3 aromatic rings. The number of fused-ring (bicyclic) bond motifs is 1. The van der Waals surface area contributed by atoms with Gasteiger partial charge in [0.15, 0.2) is 23.0 Å². The minimum absolute atomic E-state index is 0.157. The molecule has 4 rings (SSSR count). The van der Waals surface area contributed by atoms with E-state index in [2.05, 4.69) is 33.1 Å². The first-order valence-electron chi connectivity index (χ1n) is 10.00. The summed E-state index contributed by atoms with van der Waals surface area (Å²) in [6.45, 7) is 3.01. The van der Waals surface area contributed by atoms with Crippen molar-refractivity contribution in [2.75, 3.05) is 13.4 Å². The molecule has 1 N–H and O–H groups in total. The van der Waals surface area contributed by atoms with Gasteiger partial charge in [-0.2, -0.15) is 5.10 Å². The van der Waals surface area contributed by atoms with Crippen molar-refractivity contribution < 1.29 is 23.7 Å². The molecule has 7 nitrogen and oxygen atoms in total. The number of hydrogen-bond acceptors (Lipinski definition) is 6. The number of nitrogens with zero attached hydrogens (tertiary/aromatic N) is 1. The summed E-state index contributed by atoms with van der Waals surface area (Å²) >= 11 is 2.21. The second-order valence-corrected chi connectivity index (χ2v) is 7.97. The first-order valence-corrected chi connectivity index (χ1v) is 11.1. The van der Waals surface area contributed by atoms with Crippen molar-refractivity contribution in [3.8, 4) is 23.0 Å². The van der Waals surface area contributed by atoms with Crippen LogP contribution in [0, 0.1) is 3.57 Å². The Morgan fingerprint density at radius 2 is 1.91 bits per heavy atom. The van der Waals surface area contributed by atoms with Crippen molar-refractivity contribution in [1.82, 2.24) is 5.43 Å². The molecule has 0 radical (unpaired) electrons. The average Bonchev–Trinajstić information content (AvgIpc) is 3.27. The van der Waals surface area contributed by atoms with Crippen LogP contribution in [-0.4, -0.2) is 25.5 Å². The molecule has 32 heavy (non-hydrogen) atoms. The molecule has 0 fully saturated rings. The average molecular weight is 544 g/mol. The third kappa shape index (κ3) is 5.31. The molecule has 1 aliphatic rings. The summed E-state index contributed by atoms with van der Waals surface area (Å²) in [5.41, 5.74) is 4.81. The Bertz CT molecular complexity index is 1130. The monoisotopic (exact) mass is 544 g/mol. The summed E-state index contributed by atoms with van der Waals surface area (Å²) in [6, 6.07) is 18.7. The Labute approximate surface area is 199 Å². The fourth-order valence-corrected chi connectivity index (χ4v) is 3.84. The Balaban J connectivity index is 1.44.